The summed E-state index contributed by atoms with van der Waals surface area (Å²) in [7, 11) is 0. The van der Waals surface area contributed by atoms with Gasteiger partial charge in [-0.2, -0.15) is 0 Å². The fourth-order valence-corrected chi connectivity index (χ4v) is 4.00. The minimum absolute atomic E-state index is 0.194. The topological polar surface area (TPSA) is 63.0 Å². The lowest BCUT2D eigenvalue weighted by Gasteiger charge is -2.45. The highest BCUT2D eigenvalue weighted by atomic mass is 16.3. The van der Waals surface area contributed by atoms with E-state index in [2.05, 4.69) is 43.3 Å². The number of aliphatic hydroxyl groups is 1. The van der Waals surface area contributed by atoms with Gasteiger partial charge in [-0.25, -0.2) is 0 Å². The van der Waals surface area contributed by atoms with Crippen LogP contribution in [0.1, 0.15) is 59.1 Å². The first kappa shape index (κ1) is 16.4. The average Bonchev–Trinajstić information content (AvgIpc) is 2.78. The van der Waals surface area contributed by atoms with Crippen molar-refractivity contribution in [3.8, 4) is 0 Å². The molecule has 1 aliphatic rings. The number of aromatic nitrogens is 3. The van der Waals surface area contributed by atoms with E-state index in [-0.39, 0.29) is 6.61 Å². The van der Waals surface area contributed by atoms with Gasteiger partial charge in [0, 0.05) is 31.9 Å². The maximum Gasteiger partial charge on any atom is 0.0964 e. The number of nitrogens with zero attached hydrogens (tertiary/aromatic N) is 3. The maximum atomic E-state index is 8.83. The molecule has 1 fully saturated rings. The van der Waals surface area contributed by atoms with Crippen molar-refractivity contribution < 1.29 is 5.11 Å². The molecule has 0 saturated heterocycles. The molecule has 2 N–H and O–H groups in total. The highest BCUT2D eigenvalue weighted by molar-refractivity contribution is 4.96. The molecule has 0 spiro atoms. The van der Waals surface area contributed by atoms with Gasteiger partial charge in [-0.1, -0.05) is 32.9 Å². The van der Waals surface area contributed by atoms with Gasteiger partial charge in [0.15, 0.2) is 0 Å². The quantitative estimate of drug-likeness (QED) is 0.845. The van der Waals surface area contributed by atoms with Gasteiger partial charge < -0.3 is 10.4 Å². The van der Waals surface area contributed by atoms with Crippen LogP contribution >= 0.6 is 0 Å². The molecule has 1 aromatic heterocycles. The first-order valence-electron chi connectivity index (χ1n) is 8.03. The Bertz CT molecular complexity index is 437. The predicted molar refractivity (Wildman–Crippen MR) is 83.8 cm³/mol. The molecule has 2 rings (SSSR count). The minimum Gasteiger partial charge on any atom is -0.396 e. The van der Waals surface area contributed by atoms with Gasteiger partial charge in [-0.15, -0.1) is 5.10 Å². The summed E-state index contributed by atoms with van der Waals surface area (Å²) in [6, 6.07) is 0.548. The third-order valence-electron chi connectivity index (χ3n) is 4.26. The third kappa shape index (κ3) is 5.08. The molecule has 0 unspecified atom stereocenters. The summed E-state index contributed by atoms with van der Waals surface area (Å²) in [5.74, 6) is 0. The second-order valence-electron chi connectivity index (χ2n) is 8.04. The van der Waals surface area contributed by atoms with Crippen molar-refractivity contribution in [1.29, 1.82) is 0 Å². The molecule has 21 heavy (non-hydrogen) atoms. The van der Waals surface area contributed by atoms with Crippen LogP contribution in [0, 0.1) is 10.8 Å². The van der Waals surface area contributed by atoms with E-state index in [4.69, 9.17) is 5.11 Å². The van der Waals surface area contributed by atoms with Gasteiger partial charge in [0.05, 0.1) is 5.69 Å². The van der Waals surface area contributed by atoms with Crippen LogP contribution in [0.2, 0.25) is 0 Å². The summed E-state index contributed by atoms with van der Waals surface area (Å²) in [4.78, 5) is 0. The number of hydrogen-bond donors (Lipinski definition) is 2. The third-order valence-corrected chi connectivity index (χ3v) is 4.26. The van der Waals surface area contributed by atoms with E-state index in [1.807, 2.05) is 10.9 Å². The van der Waals surface area contributed by atoms with Crippen molar-refractivity contribution in [3.63, 3.8) is 0 Å². The summed E-state index contributed by atoms with van der Waals surface area (Å²) in [5, 5.41) is 20.8. The maximum absolute atomic E-state index is 8.83. The Labute approximate surface area is 128 Å². The molecule has 1 heterocycles. The molecule has 0 amide bonds. The first-order valence-corrected chi connectivity index (χ1v) is 8.03. The molecule has 0 radical (unpaired) electrons. The van der Waals surface area contributed by atoms with Crippen molar-refractivity contribution in [2.75, 3.05) is 6.61 Å². The Hall–Kier alpha value is -0.940. The second kappa shape index (κ2) is 6.44. The van der Waals surface area contributed by atoms with Crippen LogP contribution in [0.25, 0.3) is 0 Å². The number of nitrogens with one attached hydrogen (secondary N) is 1. The van der Waals surface area contributed by atoms with Crippen molar-refractivity contribution in [3.05, 3.63) is 11.9 Å². The zero-order valence-electron chi connectivity index (χ0n) is 13.9. The molecule has 120 valence electrons. The summed E-state index contributed by atoms with van der Waals surface area (Å²) < 4.78 is 1.81. The molecular weight excluding hydrogens is 264 g/mol. The number of hydrogen-bond acceptors (Lipinski definition) is 4. The molecule has 1 aliphatic carbocycles. The summed E-state index contributed by atoms with van der Waals surface area (Å²) in [6.07, 6.45) is 6.42. The van der Waals surface area contributed by atoms with Crippen LogP contribution in [0.3, 0.4) is 0 Å². The molecule has 0 aliphatic heterocycles. The van der Waals surface area contributed by atoms with Crippen molar-refractivity contribution >= 4 is 0 Å². The van der Waals surface area contributed by atoms with Gasteiger partial charge >= 0.3 is 0 Å². The predicted octanol–water partition coefficient (Wildman–Crippen LogP) is 2.35. The molecule has 0 bridgehead atoms. The van der Waals surface area contributed by atoms with Gasteiger partial charge in [0.2, 0.25) is 0 Å². The smallest absolute Gasteiger partial charge is 0.0964 e. The average molecular weight is 294 g/mol. The summed E-state index contributed by atoms with van der Waals surface area (Å²) in [5.41, 5.74) is 1.78. The second-order valence-corrected chi connectivity index (χ2v) is 8.04. The lowest BCUT2D eigenvalue weighted by atomic mass is 9.63. The van der Waals surface area contributed by atoms with Crippen LogP contribution in [-0.4, -0.2) is 32.7 Å². The number of rotatable bonds is 6. The molecule has 5 heteroatoms. The van der Waals surface area contributed by atoms with Crippen LogP contribution in [0.5, 0.6) is 0 Å². The Morgan fingerprint density at radius 2 is 1.95 bits per heavy atom. The van der Waals surface area contributed by atoms with E-state index in [0.29, 0.717) is 16.9 Å². The Morgan fingerprint density at radius 1 is 1.29 bits per heavy atom. The van der Waals surface area contributed by atoms with Crippen LogP contribution in [-0.2, 0) is 13.1 Å². The fourth-order valence-electron chi connectivity index (χ4n) is 4.00. The van der Waals surface area contributed by atoms with Gasteiger partial charge in [-0.3, -0.25) is 4.68 Å². The highest BCUT2D eigenvalue weighted by Crippen LogP contribution is 2.45. The van der Waals surface area contributed by atoms with Gasteiger partial charge in [0.25, 0.3) is 0 Å². The Morgan fingerprint density at radius 3 is 2.57 bits per heavy atom. The highest BCUT2D eigenvalue weighted by Gasteiger charge is 2.38. The van der Waals surface area contributed by atoms with Crippen molar-refractivity contribution in [2.24, 2.45) is 10.8 Å². The fraction of sp³-hybridized carbons (Fsp3) is 0.875. The zero-order chi connectivity index (χ0) is 15.5. The van der Waals surface area contributed by atoms with Crippen LogP contribution < -0.4 is 5.32 Å². The lowest BCUT2D eigenvalue weighted by Crippen LogP contribution is -2.43. The van der Waals surface area contributed by atoms with E-state index in [0.717, 1.165) is 25.2 Å². The minimum atomic E-state index is 0.194. The Balaban J connectivity index is 1.86. The summed E-state index contributed by atoms with van der Waals surface area (Å²) >= 11 is 0. The molecule has 5 nitrogen and oxygen atoms in total. The van der Waals surface area contributed by atoms with E-state index >= 15 is 0 Å². The van der Waals surface area contributed by atoms with Crippen molar-refractivity contribution in [2.45, 2.75) is 72.5 Å². The lowest BCUT2D eigenvalue weighted by molar-refractivity contribution is 0.0843. The zero-order valence-corrected chi connectivity index (χ0v) is 13.9. The van der Waals surface area contributed by atoms with Crippen molar-refractivity contribution in [1.82, 2.24) is 20.3 Å². The molecular formula is C16H30N4O. The normalized spacial score (nSPS) is 21.6. The van der Waals surface area contributed by atoms with Crippen LogP contribution in [0.15, 0.2) is 6.20 Å². The molecule has 1 saturated carbocycles. The molecule has 0 aromatic carbocycles. The van der Waals surface area contributed by atoms with E-state index in [1.165, 1.54) is 19.3 Å². The van der Waals surface area contributed by atoms with Crippen LogP contribution in [0.4, 0.5) is 0 Å². The standard InChI is InChI=1S/C16H30N4O/c1-15(2)8-13(9-16(3,4)12-15)17-10-14-11-20(19-18-14)6-5-7-21/h11,13,17,21H,5-10,12H2,1-4H3. The van der Waals surface area contributed by atoms with E-state index in [1.54, 1.807) is 0 Å². The largest absolute Gasteiger partial charge is 0.396 e. The van der Waals surface area contributed by atoms with E-state index in [9.17, 15) is 0 Å². The first-order chi connectivity index (χ1) is 9.80. The molecule has 0 atom stereocenters. The summed E-state index contributed by atoms with van der Waals surface area (Å²) in [6.45, 7) is 11.2. The SMILES string of the molecule is CC1(C)CC(NCc2cn(CCCO)nn2)CC(C)(C)C1. The Kier molecular flexibility index (Phi) is 5.04. The van der Waals surface area contributed by atoms with E-state index < -0.39 is 0 Å². The van der Waals surface area contributed by atoms with Gasteiger partial charge in [0.1, 0.15) is 0 Å². The molecule has 1 aromatic rings. The monoisotopic (exact) mass is 294 g/mol. The van der Waals surface area contributed by atoms with Gasteiger partial charge in [-0.05, 0) is 36.5 Å². The number of aryl methyl sites for hydroxylation is 1. The number of aliphatic hydroxyl groups excluding tert-OH is 1.